The molecule has 1 aromatic carbocycles. The van der Waals surface area contributed by atoms with Gasteiger partial charge in [0.05, 0.1) is 5.75 Å². The van der Waals surface area contributed by atoms with Crippen LogP contribution in [0, 0.1) is 20.8 Å². The first-order valence-electron chi connectivity index (χ1n) is 6.33. The minimum Gasteiger partial charge on any atom is -0.325 e. The molecule has 0 bridgehead atoms. The van der Waals surface area contributed by atoms with E-state index in [-0.39, 0.29) is 5.91 Å². The Labute approximate surface area is 122 Å². The quantitative estimate of drug-likeness (QED) is 0.879. The molecule has 0 atom stereocenters. The van der Waals surface area contributed by atoms with Gasteiger partial charge in [-0.2, -0.15) is 0 Å². The summed E-state index contributed by atoms with van der Waals surface area (Å²) in [5, 5.41) is 11.6. The maximum atomic E-state index is 11.9. The van der Waals surface area contributed by atoms with Crippen LogP contribution in [0.2, 0.25) is 0 Å². The van der Waals surface area contributed by atoms with Crippen LogP contribution in [0.3, 0.4) is 0 Å². The number of hydrogen-bond donors (Lipinski definition) is 1. The number of hydrogen-bond acceptors (Lipinski definition) is 4. The molecular weight excluding hydrogens is 272 g/mol. The molecule has 0 spiro atoms. The van der Waals surface area contributed by atoms with Crippen molar-refractivity contribution in [3.8, 4) is 0 Å². The van der Waals surface area contributed by atoms with Gasteiger partial charge in [-0.3, -0.25) is 4.79 Å². The first-order valence-corrected chi connectivity index (χ1v) is 7.32. The van der Waals surface area contributed by atoms with Crippen molar-refractivity contribution in [2.75, 3.05) is 11.1 Å². The van der Waals surface area contributed by atoms with Gasteiger partial charge >= 0.3 is 0 Å². The normalized spacial score (nSPS) is 10.6. The lowest BCUT2D eigenvalue weighted by molar-refractivity contribution is -0.113. The van der Waals surface area contributed by atoms with Crippen molar-refractivity contribution in [3.05, 3.63) is 35.2 Å². The number of nitrogens with one attached hydrogen (secondary N) is 1. The second kappa shape index (κ2) is 6.09. The van der Waals surface area contributed by atoms with Crippen molar-refractivity contribution >= 4 is 23.4 Å². The molecule has 0 radical (unpaired) electrons. The average Bonchev–Trinajstić information content (AvgIpc) is 2.72. The highest BCUT2D eigenvalue weighted by Crippen LogP contribution is 2.17. The molecule has 2 rings (SSSR count). The van der Waals surface area contributed by atoms with Crippen LogP contribution in [0.5, 0.6) is 0 Å². The van der Waals surface area contributed by atoms with E-state index in [1.165, 1.54) is 22.9 Å². The topological polar surface area (TPSA) is 59.8 Å². The van der Waals surface area contributed by atoms with Gasteiger partial charge in [0.2, 0.25) is 5.91 Å². The van der Waals surface area contributed by atoms with Crippen LogP contribution in [0.25, 0.3) is 0 Å². The van der Waals surface area contributed by atoms with Crippen molar-refractivity contribution in [2.45, 2.75) is 25.9 Å². The highest BCUT2D eigenvalue weighted by atomic mass is 32.2. The second-order valence-electron chi connectivity index (χ2n) is 4.72. The zero-order valence-electron chi connectivity index (χ0n) is 12.1. The molecule has 1 N–H and O–H groups in total. The molecule has 1 aromatic heterocycles. The molecule has 0 aliphatic heterocycles. The van der Waals surface area contributed by atoms with Crippen molar-refractivity contribution < 1.29 is 4.79 Å². The molecule has 0 saturated heterocycles. The highest BCUT2D eigenvalue weighted by Gasteiger charge is 2.09. The van der Waals surface area contributed by atoms with Crippen LogP contribution in [0.15, 0.2) is 23.4 Å². The van der Waals surface area contributed by atoms with Crippen molar-refractivity contribution in [1.29, 1.82) is 0 Å². The summed E-state index contributed by atoms with van der Waals surface area (Å²) in [5.41, 5.74) is 3.21. The number of aryl methyl sites for hydroxylation is 3. The van der Waals surface area contributed by atoms with Crippen molar-refractivity contribution in [3.63, 3.8) is 0 Å². The minimum atomic E-state index is -0.0427. The number of benzene rings is 1. The number of carbonyl (C=O) groups excluding carboxylic acids is 1. The molecule has 0 saturated carbocycles. The van der Waals surface area contributed by atoms with E-state index in [0.717, 1.165) is 16.7 Å². The summed E-state index contributed by atoms with van der Waals surface area (Å²) in [4.78, 5) is 11.9. The lowest BCUT2D eigenvalue weighted by Crippen LogP contribution is -2.14. The van der Waals surface area contributed by atoms with E-state index in [1.807, 2.05) is 50.6 Å². The summed E-state index contributed by atoms with van der Waals surface area (Å²) in [6.07, 6.45) is 0. The van der Waals surface area contributed by atoms with Gasteiger partial charge < -0.3 is 9.88 Å². The summed E-state index contributed by atoms with van der Waals surface area (Å²) in [6, 6.07) is 5.89. The molecule has 1 heterocycles. The van der Waals surface area contributed by atoms with Crippen LogP contribution in [0.1, 0.15) is 17.0 Å². The van der Waals surface area contributed by atoms with Gasteiger partial charge in [-0.15, -0.1) is 10.2 Å². The third kappa shape index (κ3) is 3.39. The number of thioether (sulfide) groups is 1. The van der Waals surface area contributed by atoms with Gasteiger partial charge in [0.1, 0.15) is 5.82 Å². The third-order valence-electron chi connectivity index (χ3n) is 3.18. The summed E-state index contributed by atoms with van der Waals surface area (Å²) < 4.78 is 1.87. The monoisotopic (exact) mass is 290 g/mol. The predicted octanol–water partition coefficient (Wildman–Crippen LogP) is 2.47. The third-order valence-corrected chi connectivity index (χ3v) is 4.20. The standard InChI is InChI=1S/C14H18N4OS/c1-9-5-6-12(7-10(9)2)15-13(19)8-20-14-17-16-11(3)18(14)4/h5-7H,8H2,1-4H3,(H,15,19). The fourth-order valence-electron chi connectivity index (χ4n) is 1.66. The molecule has 0 aliphatic carbocycles. The summed E-state index contributed by atoms with van der Waals surface area (Å²) in [6.45, 7) is 5.96. The molecule has 1 amide bonds. The van der Waals surface area contributed by atoms with E-state index in [9.17, 15) is 4.79 Å². The van der Waals surface area contributed by atoms with E-state index >= 15 is 0 Å². The summed E-state index contributed by atoms with van der Waals surface area (Å²) >= 11 is 1.38. The Balaban J connectivity index is 1.92. The molecule has 6 heteroatoms. The second-order valence-corrected chi connectivity index (χ2v) is 5.67. The van der Waals surface area contributed by atoms with Crippen LogP contribution in [0.4, 0.5) is 5.69 Å². The van der Waals surface area contributed by atoms with Crippen molar-refractivity contribution in [1.82, 2.24) is 14.8 Å². The van der Waals surface area contributed by atoms with E-state index in [4.69, 9.17) is 0 Å². The summed E-state index contributed by atoms with van der Waals surface area (Å²) in [5.74, 6) is 1.11. The molecule has 0 fully saturated rings. The van der Waals surface area contributed by atoms with E-state index in [0.29, 0.717) is 5.75 Å². The van der Waals surface area contributed by atoms with Gasteiger partial charge in [0, 0.05) is 12.7 Å². The molecule has 0 unspecified atom stereocenters. The maximum absolute atomic E-state index is 11.9. The van der Waals surface area contributed by atoms with Crippen LogP contribution >= 0.6 is 11.8 Å². The molecule has 20 heavy (non-hydrogen) atoms. The van der Waals surface area contributed by atoms with E-state index in [2.05, 4.69) is 15.5 Å². The first-order chi connectivity index (χ1) is 9.47. The number of amides is 1. The van der Waals surface area contributed by atoms with Gasteiger partial charge in [-0.1, -0.05) is 17.8 Å². The number of aromatic nitrogens is 3. The molecule has 0 aliphatic rings. The Morgan fingerprint density at radius 2 is 2.00 bits per heavy atom. The van der Waals surface area contributed by atoms with Crippen LogP contribution in [-0.4, -0.2) is 26.4 Å². The average molecular weight is 290 g/mol. The zero-order valence-corrected chi connectivity index (χ0v) is 12.9. The Morgan fingerprint density at radius 3 is 2.60 bits per heavy atom. The Hall–Kier alpha value is -1.82. The predicted molar refractivity (Wildman–Crippen MR) is 81.0 cm³/mol. The Bertz CT molecular complexity index is 636. The Kier molecular flexibility index (Phi) is 4.44. The fourth-order valence-corrected chi connectivity index (χ4v) is 2.42. The zero-order chi connectivity index (χ0) is 14.7. The van der Waals surface area contributed by atoms with Crippen LogP contribution < -0.4 is 5.32 Å². The van der Waals surface area contributed by atoms with E-state index < -0.39 is 0 Å². The van der Waals surface area contributed by atoms with Gasteiger partial charge in [0.25, 0.3) is 0 Å². The van der Waals surface area contributed by atoms with Gasteiger partial charge in [-0.25, -0.2) is 0 Å². The SMILES string of the molecule is Cc1ccc(NC(=O)CSc2nnc(C)n2C)cc1C. The van der Waals surface area contributed by atoms with Crippen molar-refractivity contribution in [2.24, 2.45) is 7.05 Å². The fraction of sp³-hybridized carbons (Fsp3) is 0.357. The number of carbonyl (C=O) groups is 1. The lowest BCUT2D eigenvalue weighted by Gasteiger charge is -2.07. The smallest absolute Gasteiger partial charge is 0.234 e. The number of nitrogens with zero attached hydrogens (tertiary/aromatic N) is 3. The maximum Gasteiger partial charge on any atom is 0.234 e. The first kappa shape index (κ1) is 14.6. The largest absolute Gasteiger partial charge is 0.325 e. The number of anilines is 1. The Morgan fingerprint density at radius 1 is 1.25 bits per heavy atom. The minimum absolute atomic E-state index is 0.0427. The molecular formula is C14H18N4OS. The van der Waals surface area contributed by atoms with Gasteiger partial charge in [-0.05, 0) is 44.0 Å². The van der Waals surface area contributed by atoms with Gasteiger partial charge in [0.15, 0.2) is 5.16 Å². The molecule has 106 valence electrons. The number of rotatable bonds is 4. The van der Waals surface area contributed by atoms with Crippen LogP contribution in [-0.2, 0) is 11.8 Å². The molecule has 2 aromatic rings. The lowest BCUT2D eigenvalue weighted by atomic mass is 10.1. The summed E-state index contributed by atoms with van der Waals surface area (Å²) in [7, 11) is 1.89. The molecule has 5 nitrogen and oxygen atoms in total. The van der Waals surface area contributed by atoms with E-state index in [1.54, 1.807) is 0 Å². The highest BCUT2D eigenvalue weighted by molar-refractivity contribution is 7.99.